The Labute approximate surface area is 129 Å². The molecule has 2 rings (SSSR count). The molecule has 1 aromatic rings. The number of hydrogen-bond donors (Lipinski definition) is 2. The maximum atomic E-state index is 12.2. The minimum Gasteiger partial charge on any atom is -0.481 e. The molecule has 0 unspecified atom stereocenters. The summed E-state index contributed by atoms with van der Waals surface area (Å²) < 4.78 is 36.6. The summed E-state index contributed by atoms with van der Waals surface area (Å²) in [7, 11) is 0. The van der Waals surface area contributed by atoms with Crippen LogP contribution in [0, 0.1) is 5.92 Å². The lowest BCUT2D eigenvalue weighted by atomic mass is 10.1. The van der Waals surface area contributed by atoms with Gasteiger partial charge in [-0.2, -0.15) is 13.2 Å². The molecule has 1 saturated carbocycles. The molecule has 2 atom stereocenters. The van der Waals surface area contributed by atoms with Crippen LogP contribution in [-0.4, -0.2) is 28.5 Å². The molecule has 22 heavy (non-hydrogen) atoms. The predicted molar refractivity (Wildman–Crippen MR) is 74.6 cm³/mol. The topological polar surface area (TPSA) is 66.4 Å². The van der Waals surface area contributed by atoms with E-state index in [-0.39, 0.29) is 28.3 Å². The number of alkyl halides is 3. The number of benzene rings is 1. The first-order valence-corrected chi connectivity index (χ1v) is 7.46. The van der Waals surface area contributed by atoms with Gasteiger partial charge >= 0.3 is 11.5 Å². The molecular formula is C14H14F3NO3S. The van der Waals surface area contributed by atoms with Crippen molar-refractivity contribution in [3.8, 4) is 0 Å². The Bertz CT molecular complexity index is 559. The molecule has 0 aromatic heterocycles. The van der Waals surface area contributed by atoms with Gasteiger partial charge in [-0.05, 0) is 55.3 Å². The lowest BCUT2D eigenvalue weighted by molar-refractivity contribution is -0.141. The number of nitrogens with one attached hydrogen (secondary N) is 1. The number of aliphatic carboxylic acids is 1. The molecule has 1 aliphatic rings. The number of carbonyl (C=O) groups excluding carboxylic acids is 1. The summed E-state index contributed by atoms with van der Waals surface area (Å²) in [5, 5.41) is 11.6. The maximum Gasteiger partial charge on any atom is 0.446 e. The maximum absolute atomic E-state index is 12.2. The molecular weight excluding hydrogens is 319 g/mol. The second-order valence-electron chi connectivity index (χ2n) is 5.09. The summed E-state index contributed by atoms with van der Waals surface area (Å²) in [5.41, 5.74) is -4.11. The molecule has 0 bridgehead atoms. The van der Waals surface area contributed by atoms with Crippen molar-refractivity contribution in [3.63, 3.8) is 0 Å². The van der Waals surface area contributed by atoms with E-state index in [0.29, 0.717) is 19.3 Å². The molecule has 0 saturated heterocycles. The minimum atomic E-state index is -4.36. The normalized spacial score (nSPS) is 21.6. The zero-order valence-corrected chi connectivity index (χ0v) is 12.2. The molecule has 0 aliphatic heterocycles. The van der Waals surface area contributed by atoms with E-state index in [2.05, 4.69) is 5.32 Å². The first-order chi connectivity index (χ1) is 10.2. The summed E-state index contributed by atoms with van der Waals surface area (Å²) in [6.45, 7) is 0. The van der Waals surface area contributed by atoms with E-state index in [0.717, 1.165) is 0 Å². The van der Waals surface area contributed by atoms with Gasteiger partial charge in [-0.25, -0.2) is 0 Å². The Kier molecular flexibility index (Phi) is 5.00. The van der Waals surface area contributed by atoms with Crippen LogP contribution in [-0.2, 0) is 4.79 Å². The first kappa shape index (κ1) is 16.7. The molecule has 120 valence electrons. The molecule has 2 N–H and O–H groups in total. The number of carboxylic acid groups (broad SMARTS) is 1. The van der Waals surface area contributed by atoms with E-state index < -0.39 is 23.3 Å². The van der Waals surface area contributed by atoms with Crippen molar-refractivity contribution in [1.29, 1.82) is 0 Å². The average molecular weight is 333 g/mol. The molecule has 1 amide bonds. The molecule has 4 nitrogen and oxygen atoms in total. The summed E-state index contributed by atoms with van der Waals surface area (Å²) in [6.07, 6.45) is 1.48. The molecule has 0 radical (unpaired) electrons. The van der Waals surface area contributed by atoms with Crippen molar-refractivity contribution >= 4 is 23.6 Å². The van der Waals surface area contributed by atoms with Crippen LogP contribution in [0.25, 0.3) is 0 Å². The van der Waals surface area contributed by atoms with Crippen molar-refractivity contribution in [2.45, 2.75) is 35.7 Å². The van der Waals surface area contributed by atoms with Crippen LogP contribution in [0.4, 0.5) is 13.2 Å². The third-order valence-electron chi connectivity index (χ3n) is 3.47. The molecule has 8 heteroatoms. The van der Waals surface area contributed by atoms with Gasteiger partial charge in [0, 0.05) is 16.5 Å². The number of rotatable bonds is 4. The van der Waals surface area contributed by atoms with Crippen molar-refractivity contribution in [2.24, 2.45) is 5.92 Å². The highest BCUT2D eigenvalue weighted by Crippen LogP contribution is 2.36. The van der Waals surface area contributed by atoms with E-state index >= 15 is 0 Å². The van der Waals surface area contributed by atoms with Crippen LogP contribution in [0.1, 0.15) is 29.6 Å². The van der Waals surface area contributed by atoms with Gasteiger partial charge < -0.3 is 10.4 Å². The van der Waals surface area contributed by atoms with Crippen molar-refractivity contribution in [1.82, 2.24) is 5.32 Å². The Hall–Kier alpha value is -1.70. The third-order valence-corrected chi connectivity index (χ3v) is 4.21. The van der Waals surface area contributed by atoms with Crippen LogP contribution in [0.2, 0.25) is 0 Å². The SMILES string of the molecule is O=C(N[C@@H]1CC[C@H](C(=O)O)C1)c1ccc(SC(F)(F)F)cc1. The van der Waals surface area contributed by atoms with Gasteiger partial charge in [-0.1, -0.05) is 0 Å². The summed E-state index contributed by atoms with van der Waals surface area (Å²) in [6, 6.07) is 4.92. The fourth-order valence-electron chi connectivity index (χ4n) is 2.41. The van der Waals surface area contributed by atoms with E-state index in [4.69, 9.17) is 5.11 Å². The highest BCUT2D eigenvalue weighted by atomic mass is 32.2. The standard InChI is InChI=1S/C14H14F3NO3S/c15-14(16,17)22-11-5-2-8(3-6-11)12(19)18-10-4-1-9(7-10)13(20)21/h2-3,5-6,9-10H,1,4,7H2,(H,18,19)(H,20,21)/t9-,10+/m0/s1. The van der Waals surface area contributed by atoms with Gasteiger partial charge in [0.05, 0.1) is 5.92 Å². The van der Waals surface area contributed by atoms with Gasteiger partial charge in [0.15, 0.2) is 0 Å². The number of thioether (sulfide) groups is 1. The molecule has 0 spiro atoms. The zero-order chi connectivity index (χ0) is 16.3. The van der Waals surface area contributed by atoms with Gasteiger partial charge in [-0.15, -0.1) is 0 Å². The number of hydrogen-bond acceptors (Lipinski definition) is 3. The smallest absolute Gasteiger partial charge is 0.446 e. The van der Waals surface area contributed by atoms with E-state index in [1.165, 1.54) is 24.3 Å². The van der Waals surface area contributed by atoms with Crippen LogP contribution < -0.4 is 5.32 Å². The summed E-state index contributed by atoms with van der Waals surface area (Å²) >= 11 is -0.239. The molecule has 1 aliphatic carbocycles. The van der Waals surface area contributed by atoms with Crippen molar-refractivity contribution < 1.29 is 27.9 Å². The number of halogens is 3. The zero-order valence-electron chi connectivity index (χ0n) is 11.4. The quantitative estimate of drug-likeness (QED) is 0.830. The second kappa shape index (κ2) is 6.60. The van der Waals surface area contributed by atoms with Gasteiger partial charge in [0.2, 0.25) is 0 Å². The van der Waals surface area contributed by atoms with Gasteiger partial charge in [-0.3, -0.25) is 9.59 Å². The first-order valence-electron chi connectivity index (χ1n) is 6.64. The fourth-order valence-corrected chi connectivity index (χ4v) is 2.95. The lowest BCUT2D eigenvalue weighted by Gasteiger charge is -2.13. The third kappa shape index (κ3) is 4.66. The number of carbonyl (C=O) groups is 2. The Morgan fingerprint density at radius 1 is 1.18 bits per heavy atom. The monoisotopic (exact) mass is 333 g/mol. The number of carboxylic acids is 1. The van der Waals surface area contributed by atoms with Crippen LogP contribution in [0.15, 0.2) is 29.2 Å². The van der Waals surface area contributed by atoms with Gasteiger partial charge in [0.1, 0.15) is 0 Å². The van der Waals surface area contributed by atoms with Crippen molar-refractivity contribution in [3.05, 3.63) is 29.8 Å². The van der Waals surface area contributed by atoms with Gasteiger partial charge in [0.25, 0.3) is 5.91 Å². The summed E-state index contributed by atoms with van der Waals surface area (Å²) in [5.74, 6) is -1.72. The largest absolute Gasteiger partial charge is 0.481 e. The lowest BCUT2D eigenvalue weighted by Crippen LogP contribution is -2.33. The van der Waals surface area contributed by atoms with Crippen LogP contribution in [0.5, 0.6) is 0 Å². The Morgan fingerprint density at radius 2 is 1.82 bits per heavy atom. The minimum absolute atomic E-state index is 0.0101. The van der Waals surface area contributed by atoms with Crippen molar-refractivity contribution in [2.75, 3.05) is 0 Å². The molecule has 0 heterocycles. The highest BCUT2D eigenvalue weighted by molar-refractivity contribution is 8.00. The summed E-state index contributed by atoms with van der Waals surface area (Å²) in [4.78, 5) is 22.8. The van der Waals surface area contributed by atoms with E-state index in [9.17, 15) is 22.8 Å². The average Bonchev–Trinajstić information content (AvgIpc) is 2.86. The van der Waals surface area contributed by atoms with E-state index in [1.807, 2.05) is 0 Å². The predicted octanol–water partition coefficient (Wildman–Crippen LogP) is 3.28. The Morgan fingerprint density at radius 3 is 2.32 bits per heavy atom. The molecule has 1 fully saturated rings. The highest BCUT2D eigenvalue weighted by Gasteiger charge is 2.31. The fraction of sp³-hybridized carbons (Fsp3) is 0.429. The van der Waals surface area contributed by atoms with E-state index in [1.54, 1.807) is 0 Å². The van der Waals surface area contributed by atoms with Crippen LogP contribution in [0.3, 0.4) is 0 Å². The second-order valence-corrected chi connectivity index (χ2v) is 6.23. The van der Waals surface area contributed by atoms with Crippen LogP contribution >= 0.6 is 11.8 Å². The molecule has 1 aromatic carbocycles. The number of amides is 1. The Balaban J connectivity index is 1.92.